The molecule has 8 N–H and O–H groups in total. The van der Waals surface area contributed by atoms with Crippen molar-refractivity contribution in [2.24, 2.45) is 11.8 Å². The molecule has 0 aliphatic carbocycles. The first kappa shape index (κ1) is 45.8. The zero-order valence-corrected chi connectivity index (χ0v) is 35.9. The van der Waals surface area contributed by atoms with E-state index in [0.29, 0.717) is 43.2 Å². The van der Waals surface area contributed by atoms with Gasteiger partial charge in [0.05, 0.1) is 31.3 Å². The standard InChI is InChI=1S/C54H54O11/c1-64-48-32-47(61)50(46(36-15-26-43(59)27-16-36)4-2-3-39(55)19-6-34-9-22-41(57)23-10-34)53(63)51(48)52(62)49-38(14-5-33-7-20-40(56)21-8-33)31-45(30-13-35-11-24-42(58)25-12-35)65-54(49)37-17-28-44(60)29-18-37/h2,4-5,7-12,14-18,20-29,32,38-39,45-46,49,54-61,63H,3,6,13,19,30-31H2,1H3/t38-,39+,45+,46-,49+,54+/m0/s1. The monoisotopic (exact) mass is 878 g/mol. The Morgan fingerprint density at radius 2 is 1.26 bits per heavy atom. The summed E-state index contributed by atoms with van der Waals surface area (Å²) in [6.07, 6.45) is 8.17. The van der Waals surface area contributed by atoms with E-state index in [0.717, 1.165) is 16.7 Å². The van der Waals surface area contributed by atoms with Crippen LogP contribution < -0.4 is 4.74 Å². The van der Waals surface area contributed by atoms with E-state index in [1.165, 1.54) is 37.4 Å². The number of rotatable bonds is 17. The number of aliphatic hydroxyl groups is 1. The van der Waals surface area contributed by atoms with Crippen molar-refractivity contribution in [3.05, 3.63) is 185 Å². The van der Waals surface area contributed by atoms with Crippen LogP contribution in [0.1, 0.15) is 81.4 Å². The highest BCUT2D eigenvalue weighted by Crippen LogP contribution is 2.50. The predicted molar refractivity (Wildman–Crippen MR) is 248 cm³/mol. The summed E-state index contributed by atoms with van der Waals surface area (Å²) in [6.45, 7) is 0. The van der Waals surface area contributed by atoms with Gasteiger partial charge in [0.2, 0.25) is 0 Å². The van der Waals surface area contributed by atoms with Crippen molar-refractivity contribution >= 4 is 11.9 Å². The Labute approximate surface area is 378 Å². The number of phenols is 7. The molecule has 1 fully saturated rings. The predicted octanol–water partition coefficient (Wildman–Crippen LogP) is 10.00. The summed E-state index contributed by atoms with van der Waals surface area (Å²) in [6, 6.07) is 34.4. The van der Waals surface area contributed by atoms with E-state index in [2.05, 4.69) is 0 Å². The lowest BCUT2D eigenvalue weighted by Gasteiger charge is -2.41. The molecular formula is C54H54O11. The quantitative estimate of drug-likeness (QED) is 0.0321. The summed E-state index contributed by atoms with van der Waals surface area (Å²) in [5.41, 5.74) is 3.75. The summed E-state index contributed by atoms with van der Waals surface area (Å²) in [4.78, 5) is 15.6. The highest BCUT2D eigenvalue weighted by atomic mass is 16.5. The number of hydrogen-bond donors (Lipinski definition) is 8. The molecule has 0 radical (unpaired) electrons. The minimum absolute atomic E-state index is 0.00511. The van der Waals surface area contributed by atoms with Gasteiger partial charge in [-0.15, -0.1) is 0 Å². The molecule has 6 aromatic carbocycles. The number of aromatic hydroxyl groups is 7. The Kier molecular flexibility index (Phi) is 14.8. The fourth-order valence-corrected chi connectivity index (χ4v) is 8.56. The average molecular weight is 879 g/mol. The van der Waals surface area contributed by atoms with Crippen molar-refractivity contribution in [1.82, 2.24) is 0 Å². The molecule has 11 nitrogen and oxygen atoms in total. The summed E-state index contributed by atoms with van der Waals surface area (Å²) >= 11 is 0. The summed E-state index contributed by atoms with van der Waals surface area (Å²) in [5.74, 6) is -3.31. The second kappa shape index (κ2) is 21.0. The number of carbonyl (C=O) groups is 1. The van der Waals surface area contributed by atoms with Gasteiger partial charge in [0.25, 0.3) is 0 Å². The minimum Gasteiger partial charge on any atom is -0.508 e. The smallest absolute Gasteiger partial charge is 0.176 e. The highest BCUT2D eigenvalue weighted by Gasteiger charge is 2.45. The van der Waals surface area contributed by atoms with Crippen molar-refractivity contribution < 1.29 is 55.1 Å². The number of aliphatic hydroxyl groups excluding tert-OH is 1. The lowest BCUT2D eigenvalue weighted by Crippen LogP contribution is -2.40. The molecule has 6 aromatic rings. The summed E-state index contributed by atoms with van der Waals surface area (Å²) in [7, 11) is 1.35. The van der Waals surface area contributed by atoms with E-state index in [9.17, 15) is 40.9 Å². The normalized spacial score (nSPS) is 18.4. The van der Waals surface area contributed by atoms with Crippen molar-refractivity contribution in [2.75, 3.05) is 7.11 Å². The van der Waals surface area contributed by atoms with Crippen LogP contribution in [-0.4, -0.2) is 66.0 Å². The van der Waals surface area contributed by atoms with Crippen LogP contribution in [0.2, 0.25) is 0 Å². The number of aryl methyl sites for hydroxylation is 2. The number of hydrogen-bond acceptors (Lipinski definition) is 11. The van der Waals surface area contributed by atoms with Crippen LogP contribution in [0.25, 0.3) is 6.08 Å². The largest absolute Gasteiger partial charge is 0.508 e. The molecule has 1 saturated heterocycles. The van der Waals surface area contributed by atoms with Crippen LogP contribution in [0.4, 0.5) is 0 Å². The van der Waals surface area contributed by atoms with E-state index in [1.54, 1.807) is 97.1 Å². The van der Waals surface area contributed by atoms with Crippen molar-refractivity contribution in [2.45, 2.75) is 62.8 Å². The molecule has 336 valence electrons. The number of ketones is 1. The van der Waals surface area contributed by atoms with Gasteiger partial charge in [0.1, 0.15) is 51.6 Å². The van der Waals surface area contributed by atoms with E-state index >= 15 is 4.79 Å². The molecule has 0 spiro atoms. The number of phenolic OH excluding ortho intramolecular Hbond substituents is 7. The lowest BCUT2D eigenvalue weighted by atomic mass is 9.73. The average Bonchev–Trinajstić information content (AvgIpc) is 3.30. The molecule has 0 saturated carbocycles. The molecule has 0 aromatic heterocycles. The van der Waals surface area contributed by atoms with Gasteiger partial charge in [-0.2, -0.15) is 0 Å². The van der Waals surface area contributed by atoms with Gasteiger partial charge >= 0.3 is 0 Å². The first-order valence-corrected chi connectivity index (χ1v) is 21.6. The van der Waals surface area contributed by atoms with E-state index in [1.807, 2.05) is 24.3 Å². The second-order valence-corrected chi connectivity index (χ2v) is 16.5. The van der Waals surface area contributed by atoms with Crippen molar-refractivity contribution in [1.29, 1.82) is 0 Å². The van der Waals surface area contributed by atoms with Gasteiger partial charge < -0.3 is 50.3 Å². The van der Waals surface area contributed by atoms with E-state index in [4.69, 9.17) is 9.47 Å². The molecular weight excluding hydrogens is 825 g/mol. The van der Waals surface area contributed by atoms with E-state index in [-0.39, 0.29) is 63.9 Å². The van der Waals surface area contributed by atoms with Crippen LogP contribution in [0, 0.1) is 11.8 Å². The number of methoxy groups -OCH3 is 1. The zero-order chi connectivity index (χ0) is 46.0. The maximum absolute atomic E-state index is 15.6. The van der Waals surface area contributed by atoms with Crippen LogP contribution in [0.3, 0.4) is 0 Å². The molecule has 1 aliphatic rings. The Hall–Kier alpha value is -7.21. The summed E-state index contributed by atoms with van der Waals surface area (Å²) < 4.78 is 12.6. The third kappa shape index (κ3) is 11.5. The Morgan fingerprint density at radius 3 is 1.85 bits per heavy atom. The van der Waals surface area contributed by atoms with Crippen molar-refractivity contribution in [3.63, 3.8) is 0 Å². The van der Waals surface area contributed by atoms with E-state index < -0.39 is 41.5 Å². The van der Waals surface area contributed by atoms with Gasteiger partial charge in [-0.25, -0.2) is 0 Å². The molecule has 11 heteroatoms. The zero-order valence-electron chi connectivity index (χ0n) is 35.9. The first-order valence-electron chi connectivity index (χ1n) is 21.6. The molecule has 1 aliphatic heterocycles. The maximum Gasteiger partial charge on any atom is 0.176 e. The van der Waals surface area contributed by atoms with Crippen LogP contribution in [0.15, 0.2) is 146 Å². The van der Waals surface area contributed by atoms with Gasteiger partial charge in [-0.1, -0.05) is 85.0 Å². The van der Waals surface area contributed by atoms with Crippen molar-refractivity contribution in [3.8, 4) is 46.0 Å². The molecule has 6 atom stereocenters. The SMILES string of the molecule is COc1cc(O)c([C@@H](C=CC[C@@H](O)CCc2ccc(O)cc2)c2ccc(O)cc2)c(O)c1C(=O)[C@@H]1[C@@H](c2ccc(O)cc2)O[C@H](CCc2ccc(O)cc2)C[C@@H]1C=Cc1ccc(O)cc1. The fraction of sp³-hybridized carbons (Fsp3) is 0.241. The molecule has 0 bridgehead atoms. The third-order valence-corrected chi connectivity index (χ3v) is 12.1. The number of carbonyl (C=O) groups excluding carboxylic acids is 1. The number of Topliss-reactive ketones (excluding diaryl/α,β-unsaturated/α-hetero) is 1. The Morgan fingerprint density at radius 1 is 0.723 bits per heavy atom. The lowest BCUT2D eigenvalue weighted by molar-refractivity contribution is -0.0938. The van der Waals surface area contributed by atoms with Crippen LogP contribution in [0.5, 0.6) is 46.0 Å². The topological polar surface area (TPSA) is 197 Å². The molecule has 1 heterocycles. The Bertz CT molecular complexity index is 2570. The number of ether oxygens (including phenoxy) is 2. The van der Waals surface area contributed by atoms with Gasteiger partial charge in [-0.3, -0.25) is 4.79 Å². The van der Waals surface area contributed by atoms with Gasteiger partial charge in [0.15, 0.2) is 5.78 Å². The number of benzene rings is 6. The second-order valence-electron chi connectivity index (χ2n) is 16.5. The van der Waals surface area contributed by atoms with Crippen LogP contribution in [-0.2, 0) is 17.6 Å². The van der Waals surface area contributed by atoms with Gasteiger partial charge in [-0.05, 0) is 133 Å². The molecule has 0 unspecified atom stereocenters. The minimum atomic E-state index is -0.971. The first-order chi connectivity index (χ1) is 31.4. The van der Waals surface area contributed by atoms with Crippen LogP contribution >= 0.6 is 0 Å². The third-order valence-electron chi connectivity index (χ3n) is 12.1. The van der Waals surface area contributed by atoms with Gasteiger partial charge in [0, 0.05) is 17.5 Å². The molecule has 0 amide bonds. The Balaban J connectivity index is 1.28. The highest BCUT2D eigenvalue weighted by molar-refractivity contribution is 6.04. The maximum atomic E-state index is 15.6. The summed E-state index contributed by atoms with van der Waals surface area (Å²) in [5, 5.41) is 85.1. The number of allylic oxidation sites excluding steroid dienone is 2. The molecule has 65 heavy (non-hydrogen) atoms. The molecule has 7 rings (SSSR count). The fourth-order valence-electron chi connectivity index (χ4n) is 8.56.